The highest BCUT2D eigenvalue weighted by atomic mass is 16.3. The smallest absolute Gasteiger partial charge is 0.137 e. The fourth-order valence-electron chi connectivity index (χ4n) is 18.2. The Kier molecular flexibility index (Phi) is 11.3. The Morgan fingerprint density at radius 3 is 1.21 bits per heavy atom. The van der Waals surface area contributed by atoms with Crippen molar-refractivity contribution >= 4 is 105 Å². The van der Waals surface area contributed by atoms with E-state index in [9.17, 15) is 2.74 Å². The maximum atomic E-state index is 9.27. The topological polar surface area (TPSA) is 24.0 Å². The van der Waals surface area contributed by atoms with Crippen LogP contribution in [0.3, 0.4) is 0 Å². The van der Waals surface area contributed by atoms with Gasteiger partial charge in [0.25, 0.3) is 0 Å². The summed E-state index contributed by atoms with van der Waals surface area (Å²) in [4.78, 5) is 4.98. The van der Waals surface area contributed by atoms with Gasteiger partial charge in [0.2, 0.25) is 0 Å². The average Bonchev–Trinajstić information content (AvgIpc) is 1.54. The summed E-state index contributed by atoms with van der Waals surface area (Å²) >= 11 is 0. The summed E-state index contributed by atoms with van der Waals surface area (Å²) in [5.41, 5.74) is 23.5. The Bertz CT molecular complexity index is 5480. The summed E-state index contributed by atoms with van der Waals surface area (Å²) in [6.07, 6.45) is 8.99. The molecule has 0 spiro atoms. The summed E-state index contributed by atoms with van der Waals surface area (Å²) in [6.45, 7) is 38.5. The molecule has 4 heteroatoms. The van der Waals surface area contributed by atoms with Gasteiger partial charge in [0.1, 0.15) is 11.2 Å². The summed E-state index contributed by atoms with van der Waals surface area (Å²) in [5, 5.41) is 8.51. The van der Waals surface area contributed by atoms with Gasteiger partial charge in [0.15, 0.2) is 0 Å². The second-order valence-corrected chi connectivity index (χ2v) is 34.4. The van der Waals surface area contributed by atoms with Gasteiger partial charge < -0.3 is 18.6 Å². The van der Waals surface area contributed by atoms with Crippen LogP contribution in [-0.4, -0.2) is 4.40 Å². The number of rotatable bonds is 7. The largest absolute Gasteiger partial charge is 0.456 e. The summed E-state index contributed by atoms with van der Waals surface area (Å²) < 4.78 is 54.4. The van der Waals surface area contributed by atoms with E-state index >= 15 is 0 Å². The van der Waals surface area contributed by atoms with Crippen molar-refractivity contribution in [2.24, 2.45) is 0 Å². The van der Waals surface area contributed by atoms with Gasteiger partial charge in [0, 0.05) is 66.8 Å². The lowest BCUT2D eigenvalue weighted by molar-refractivity contribution is 0.332. The van der Waals surface area contributed by atoms with Crippen molar-refractivity contribution in [1.82, 2.24) is 4.40 Å². The zero-order chi connectivity index (χ0) is 69.7. The van der Waals surface area contributed by atoms with Gasteiger partial charge in [-0.15, -0.1) is 0 Å². The highest BCUT2D eigenvalue weighted by Crippen LogP contribution is 2.56. The molecule has 474 valence electrons. The monoisotopic (exact) mass is 1240 g/mol. The molecule has 0 radical (unpaired) electrons. The first-order chi connectivity index (χ1) is 46.6. The Labute approximate surface area is 564 Å². The molecule has 0 bridgehead atoms. The van der Waals surface area contributed by atoms with E-state index < -0.39 is 6.04 Å². The molecule has 0 N–H and O–H groups in total. The predicted molar refractivity (Wildman–Crippen MR) is 402 cm³/mol. The van der Waals surface area contributed by atoms with Crippen molar-refractivity contribution in [3.63, 3.8) is 0 Å². The maximum absolute atomic E-state index is 9.27. The third-order valence-electron chi connectivity index (χ3n) is 24.6. The number of furan rings is 1. The first kappa shape index (κ1) is 54.0. The Balaban J connectivity index is 0.886. The van der Waals surface area contributed by atoms with Crippen LogP contribution in [-0.2, 0) is 43.3 Å². The van der Waals surface area contributed by atoms with E-state index in [-0.39, 0.29) is 73.1 Å². The first-order valence-electron chi connectivity index (χ1n) is 37.4. The molecule has 13 aromatic rings. The van der Waals surface area contributed by atoms with Crippen molar-refractivity contribution < 1.29 is 11.3 Å². The van der Waals surface area contributed by atoms with Crippen LogP contribution in [0.25, 0.3) is 81.9 Å². The SMILES string of the molecule is [2H]c1c([2H])c([2H])c(-c2ccc3c(c2)c2c(N(c4ccc5c(c4)C(C)(C)CCC5(C)C)c4ccc5c(c4)C(C)(C)CCC5(C)C)ccc4c5cc6cc7c(cc6cc5n3c42)oc2cc(N(c3ccc4c(c3)C(C)(C)CCC4(C)C)c3ccc4c(c3)C(C)(C)CCC4(C)C)ccc27)c([2H])c1[2H]. The number of hydrogen-bond donors (Lipinski definition) is 0. The fourth-order valence-corrected chi connectivity index (χ4v) is 18.2. The van der Waals surface area contributed by atoms with Gasteiger partial charge >= 0.3 is 0 Å². The average molecular weight is 1240 g/mol. The van der Waals surface area contributed by atoms with Crippen molar-refractivity contribution in [2.45, 2.75) is 205 Å². The van der Waals surface area contributed by atoms with E-state index in [0.29, 0.717) is 5.56 Å². The van der Waals surface area contributed by atoms with Crippen LogP contribution in [0.2, 0.25) is 0 Å². The Morgan fingerprint density at radius 1 is 0.319 bits per heavy atom. The van der Waals surface area contributed by atoms with Crippen LogP contribution in [0.1, 0.15) is 214 Å². The minimum atomic E-state index is -0.402. The van der Waals surface area contributed by atoms with Crippen molar-refractivity contribution in [2.75, 3.05) is 9.80 Å². The fraction of sp³-hybridized carbons (Fsp3) is 0.356. The zero-order valence-electron chi connectivity index (χ0n) is 63.3. The van der Waals surface area contributed by atoms with E-state index in [1.165, 1.54) is 44.5 Å². The standard InChI is InChI=1S/C90H93N3O/c1-83(2)36-40-87(9,10)72-49-58(24-30-68(72)83)91(59-25-31-69-73(50-59)88(11,12)41-37-84(69,3)4)62-23-28-63-66-46-56-45-65-64-29-35-77(81-67-44-55(54-20-18-17-19-21-54)22-34-76(67)93(82(64)81)78(65)47-57(56)48-79(66)94-80(63)53-62)92(60-26-32-70-74(51-60)89(13,14)42-38-85(70,5)6)61-27-33-71-75(52-61)90(15,16)43-39-86(71,7)8/h17-35,44-53H,36-43H2,1-16H3/i17D,18D,19D,20D,21D. The quantitative estimate of drug-likeness (QED) is 0.159. The molecule has 4 nitrogen and oxygen atoms in total. The molecular weight excluding hydrogens is 1140 g/mol. The van der Waals surface area contributed by atoms with Crippen molar-refractivity contribution in [3.05, 3.63) is 220 Å². The van der Waals surface area contributed by atoms with Crippen molar-refractivity contribution in [1.29, 1.82) is 0 Å². The van der Waals surface area contributed by atoms with E-state index in [1.807, 2.05) is 6.07 Å². The lowest BCUT2D eigenvalue weighted by Gasteiger charge is -2.43. The summed E-state index contributed by atoms with van der Waals surface area (Å²) in [7, 11) is 0. The first-order valence-corrected chi connectivity index (χ1v) is 34.9. The van der Waals surface area contributed by atoms with Gasteiger partial charge in [-0.1, -0.05) is 177 Å². The molecule has 4 aliphatic rings. The highest BCUT2D eigenvalue weighted by molar-refractivity contribution is 6.29. The maximum Gasteiger partial charge on any atom is 0.137 e. The summed E-state index contributed by atoms with van der Waals surface area (Å²) in [6, 6.07) is 54.3. The number of hydrogen-bond acceptors (Lipinski definition) is 3. The Morgan fingerprint density at radius 2 is 0.723 bits per heavy atom. The molecular formula is C90H93N3O. The van der Waals surface area contributed by atoms with Gasteiger partial charge in [-0.25, -0.2) is 0 Å². The van der Waals surface area contributed by atoms with E-state index in [1.54, 1.807) is 0 Å². The van der Waals surface area contributed by atoms with Crippen LogP contribution in [0.15, 0.2) is 180 Å². The molecule has 3 aromatic heterocycles. The molecule has 0 saturated carbocycles. The molecule has 94 heavy (non-hydrogen) atoms. The van der Waals surface area contributed by atoms with Crippen LogP contribution < -0.4 is 9.80 Å². The molecule has 0 aliphatic heterocycles. The van der Waals surface area contributed by atoms with Crippen LogP contribution >= 0.6 is 0 Å². The normalized spacial score (nSPS) is 20.1. The molecule has 0 fully saturated rings. The number of aromatic nitrogens is 1. The molecule has 17 rings (SSSR count). The van der Waals surface area contributed by atoms with Gasteiger partial charge in [-0.05, 0) is 264 Å². The molecule has 0 saturated heterocycles. The number of nitrogens with zero attached hydrogens (tertiary/aromatic N) is 3. The molecule has 0 unspecified atom stereocenters. The lowest BCUT2D eigenvalue weighted by Crippen LogP contribution is -2.34. The number of fused-ring (bicyclic) bond motifs is 14. The number of benzene rings is 10. The van der Waals surface area contributed by atoms with Gasteiger partial charge in [-0.3, -0.25) is 0 Å². The number of anilines is 6. The zero-order valence-corrected chi connectivity index (χ0v) is 58.3. The molecule has 3 heterocycles. The third kappa shape index (κ3) is 8.81. The molecule has 10 aromatic carbocycles. The second kappa shape index (κ2) is 19.6. The van der Waals surface area contributed by atoms with E-state index in [0.717, 1.165) is 156 Å². The molecule has 4 aliphatic carbocycles. The van der Waals surface area contributed by atoms with Crippen LogP contribution in [0.4, 0.5) is 34.1 Å². The lowest BCUT2D eigenvalue weighted by atomic mass is 9.63. The minimum absolute atomic E-state index is 0.0175. The minimum Gasteiger partial charge on any atom is -0.456 e. The van der Waals surface area contributed by atoms with E-state index in [4.69, 9.17) is 8.53 Å². The van der Waals surface area contributed by atoms with Crippen molar-refractivity contribution in [3.8, 4) is 11.1 Å². The van der Waals surface area contributed by atoms with Gasteiger partial charge in [-0.2, -0.15) is 0 Å². The Hall–Kier alpha value is -8.34. The highest BCUT2D eigenvalue weighted by Gasteiger charge is 2.43. The molecule has 0 atom stereocenters. The third-order valence-corrected chi connectivity index (χ3v) is 24.6. The van der Waals surface area contributed by atoms with Crippen LogP contribution in [0, 0.1) is 0 Å². The summed E-state index contributed by atoms with van der Waals surface area (Å²) in [5.74, 6) is 0. The van der Waals surface area contributed by atoms with Crippen LogP contribution in [0.5, 0.6) is 0 Å². The molecule has 0 amide bonds. The van der Waals surface area contributed by atoms with Gasteiger partial charge in [0.05, 0.1) is 29.1 Å². The van der Waals surface area contributed by atoms with E-state index in [2.05, 4.69) is 265 Å². The second-order valence-electron chi connectivity index (χ2n) is 34.4. The predicted octanol–water partition coefficient (Wildman–Crippen LogP) is 25.9.